The van der Waals surface area contributed by atoms with Crippen LogP contribution in [0.3, 0.4) is 0 Å². The second-order valence-corrected chi connectivity index (χ2v) is 10.7. The van der Waals surface area contributed by atoms with Gasteiger partial charge in [0.1, 0.15) is 6.54 Å². The van der Waals surface area contributed by atoms with Crippen molar-refractivity contribution < 1.29 is 9.53 Å². The lowest BCUT2D eigenvalue weighted by Crippen LogP contribution is -2.42. The molecule has 2 N–H and O–H groups in total. The molecule has 8 nitrogen and oxygen atoms in total. The summed E-state index contributed by atoms with van der Waals surface area (Å²) in [5, 5.41) is 2.31. The highest BCUT2D eigenvalue weighted by molar-refractivity contribution is 6.08. The van der Waals surface area contributed by atoms with Crippen LogP contribution in [0.25, 0.3) is 21.8 Å². The Kier molecular flexibility index (Phi) is 7.85. The summed E-state index contributed by atoms with van der Waals surface area (Å²) in [7, 11) is 0. The molecule has 6 rings (SSSR count). The maximum Gasteiger partial charge on any atom is 0.242 e. The first-order valence-electron chi connectivity index (χ1n) is 14.3. The molecule has 1 aliphatic carbocycles. The van der Waals surface area contributed by atoms with Gasteiger partial charge in [0.05, 0.1) is 42.4 Å². The number of hydrogen-bond acceptors (Lipinski definition) is 6. The van der Waals surface area contributed by atoms with E-state index >= 15 is 0 Å². The fourth-order valence-electron chi connectivity index (χ4n) is 6.25. The quantitative estimate of drug-likeness (QED) is 0.331. The molecule has 1 atom stereocenters. The number of fused-ring (bicyclic) bond motifs is 4. The molecule has 1 unspecified atom stereocenters. The summed E-state index contributed by atoms with van der Waals surface area (Å²) < 4.78 is 7.56. The molecule has 0 radical (unpaired) electrons. The average molecular weight is 527 g/mol. The van der Waals surface area contributed by atoms with E-state index in [9.17, 15) is 4.79 Å². The lowest BCUT2D eigenvalue weighted by Gasteiger charge is -2.35. The predicted molar refractivity (Wildman–Crippen MR) is 153 cm³/mol. The van der Waals surface area contributed by atoms with Gasteiger partial charge in [-0.2, -0.15) is 0 Å². The Morgan fingerprint density at radius 2 is 1.92 bits per heavy atom. The molecular formula is C31H38N6O2. The van der Waals surface area contributed by atoms with E-state index in [-0.39, 0.29) is 11.9 Å². The highest BCUT2D eigenvalue weighted by atomic mass is 16.5. The van der Waals surface area contributed by atoms with E-state index in [0.29, 0.717) is 39.4 Å². The first-order chi connectivity index (χ1) is 19.2. The molecule has 8 heteroatoms. The van der Waals surface area contributed by atoms with Crippen LogP contribution in [0.1, 0.15) is 48.7 Å². The standard InChI is InChI=1S/C31H38N6O2/c32-12-3-4-14-36(28-11-5-7-23-8-6-13-33-31(23)28)21-24-19-26-25-9-1-2-10-27(25)37(29(26)20-34-24)22-30(38)35-15-17-39-18-16-35/h1-2,6,8-10,13,19-20,28H,3-5,7,11-12,14-18,21-22,32H2. The van der Waals surface area contributed by atoms with E-state index in [1.54, 1.807) is 0 Å². The van der Waals surface area contributed by atoms with Gasteiger partial charge < -0.3 is 19.9 Å². The Morgan fingerprint density at radius 1 is 1.05 bits per heavy atom. The number of ether oxygens (including phenoxy) is 1. The molecule has 0 spiro atoms. The van der Waals surface area contributed by atoms with E-state index < -0.39 is 0 Å². The number of amides is 1. The van der Waals surface area contributed by atoms with Crippen LogP contribution < -0.4 is 5.73 Å². The Labute approximate surface area is 229 Å². The summed E-state index contributed by atoms with van der Waals surface area (Å²) in [4.78, 5) is 27.4. The zero-order valence-corrected chi connectivity index (χ0v) is 22.6. The van der Waals surface area contributed by atoms with Crippen molar-refractivity contribution in [1.29, 1.82) is 0 Å². The molecule has 39 heavy (non-hydrogen) atoms. The number of rotatable bonds is 9. The monoisotopic (exact) mass is 526 g/mol. The number of benzene rings is 1. The summed E-state index contributed by atoms with van der Waals surface area (Å²) in [5.74, 6) is 0.125. The number of aromatic nitrogens is 3. The van der Waals surface area contributed by atoms with Crippen molar-refractivity contribution in [3.63, 3.8) is 0 Å². The Morgan fingerprint density at radius 3 is 2.79 bits per heavy atom. The fraction of sp³-hybridized carbons (Fsp3) is 0.452. The second-order valence-electron chi connectivity index (χ2n) is 10.7. The Hall–Kier alpha value is -3.33. The number of hydrogen-bond donors (Lipinski definition) is 1. The zero-order valence-electron chi connectivity index (χ0n) is 22.6. The first-order valence-corrected chi connectivity index (χ1v) is 14.3. The van der Waals surface area contributed by atoms with Gasteiger partial charge in [-0.3, -0.25) is 19.7 Å². The van der Waals surface area contributed by atoms with E-state index in [1.165, 1.54) is 17.7 Å². The summed E-state index contributed by atoms with van der Waals surface area (Å²) in [6.45, 7) is 5.25. The fourth-order valence-corrected chi connectivity index (χ4v) is 6.25. The number of pyridine rings is 2. The lowest BCUT2D eigenvalue weighted by molar-refractivity contribution is -0.135. The van der Waals surface area contributed by atoms with Crippen molar-refractivity contribution in [2.75, 3.05) is 39.4 Å². The van der Waals surface area contributed by atoms with Gasteiger partial charge in [-0.05, 0) is 69.0 Å². The van der Waals surface area contributed by atoms with Crippen LogP contribution in [-0.4, -0.2) is 69.6 Å². The number of nitrogens with zero attached hydrogens (tertiary/aromatic N) is 5. The SMILES string of the molecule is NCCCCN(Cc1cc2c3ccccc3n(CC(=O)N3CCOCC3)c2cn1)C1CCCc2cccnc21. The van der Waals surface area contributed by atoms with Gasteiger partial charge in [-0.25, -0.2) is 0 Å². The normalized spacial score (nSPS) is 17.7. The van der Waals surface area contributed by atoms with Crippen molar-refractivity contribution >= 4 is 27.7 Å². The van der Waals surface area contributed by atoms with Crippen molar-refractivity contribution in [1.82, 2.24) is 24.3 Å². The van der Waals surface area contributed by atoms with Crippen LogP contribution >= 0.6 is 0 Å². The minimum atomic E-state index is 0.125. The number of carbonyl (C=O) groups excluding carboxylic acids is 1. The molecular weight excluding hydrogens is 488 g/mol. The minimum absolute atomic E-state index is 0.125. The number of aryl methyl sites for hydroxylation is 1. The van der Waals surface area contributed by atoms with Crippen LogP contribution in [0.5, 0.6) is 0 Å². The zero-order chi connectivity index (χ0) is 26.6. The molecule has 0 bridgehead atoms. The summed E-state index contributed by atoms with van der Waals surface area (Å²) in [6.07, 6.45) is 9.33. The lowest BCUT2D eigenvalue weighted by atomic mass is 9.90. The second kappa shape index (κ2) is 11.8. The molecule has 4 aromatic rings. The van der Waals surface area contributed by atoms with Crippen molar-refractivity contribution in [3.05, 3.63) is 71.8 Å². The molecule has 1 aromatic carbocycles. The number of para-hydroxylation sites is 1. The van der Waals surface area contributed by atoms with Crippen molar-refractivity contribution in [2.24, 2.45) is 5.73 Å². The van der Waals surface area contributed by atoms with Crippen LogP contribution in [-0.2, 0) is 29.0 Å². The molecule has 4 heterocycles. The predicted octanol–water partition coefficient (Wildman–Crippen LogP) is 4.06. The highest BCUT2D eigenvalue weighted by Crippen LogP contribution is 2.35. The number of nitrogens with two attached hydrogens (primary N) is 1. The third-order valence-electron chi connectivity index (χ3n) is 8.24. The van der Waals surface area contributed by atoms with E-state index in [0.717, 1.165) is 66.3 Å². The van der Waals surface area contributed by atoms with Gasteiger partial charge in [0.25, 0.3) is 0 Å². The molecule has 0 saturated carbocycles. The summed E-state index contributed by atoms with van der Waals surface area (Å²) in [6, 6.07) is 15.2. The van der Waals surface area contributed by atoms with Crippen LogP contribution in [0.15, 0.2) is 54.9 Å². The Bertz CT molecular complexity index is 1440. The van der Waals surface area contributed by atoms with E-state index in [4.69, 9.17) is 20.4 Å². The molecule has 1 saturated heterocycles. The van der Waals surface area contributed by atoms with Gasteiger partial charge in [0.15, 0.2) is 0 Å². The molecule has 1 fully saturated rings. The van der Waals surface area contributed by atoms with Crippen LogP contribution in [0.4, 0.5) is 0 Å². The summed E-state index contributed by atoms with van der Waals surface area (Å²) in [5.41, 5.74) is 11.5. The van der Waals surface area contributed by atoms with Gasteiger partial charge in [-0.15, -0.1) is 0 Å². The van der Waals surface area contributed by atoms with Crippen LogP contribution in [0.2, 0.25) is 0 Å². The molecule has 3 aromatic heterocycles. The van der Waals surface area contributed by atoms with E-state index in [2.05, 4.69) is 45.9 Å². The third kappa shape index (κ3) is 5.41. The van der Waals surface area contributed by atoms with Crippen LogP contribution in [0, 0.1) is 0 Å². The number of carbonyl (C=O) groups is 1. The molecule has 1 aliphatic heterocycles. The highest BCUT2D eigenvalue weighted by Gasteiger charge is 2.28. The average Bonchev–Trinajstić information content (AvgIpc) is 3.29. The topological polar surface area (TPSA) is 89.5 Å². The largest absolute Gasteiger partial charge is 0.378 e. The Balaban J connectivity index is 1.32. The van der Waals surface area contributed by atoms with Crippen molar-refractivity contribution in [3.8, 4) is 0 Å². The van der Waals surface area contributed by atoms with Gasteiger partial charge in [0.2, 0.25) is 5.91 Å². The number of morpholine rings is 1. The number of unbranched alkanes of at least 4 members (excludes halogenated alkanes) is 1. The molecule has 204 valence electrons. The molecule has 1 amide bonds. The maximum atomic E-state index is 13.2. The summed E-state index contributed by atoms with van der Waals surface area (Å²) >= 11 is 0. The first kappa shape index (κ1) is 25.9. The molecule has 2 aliphatic rings. The minimum Gasteiger partial charge on any atom is -0.378 e. The van der Waals surface area contributed by atoms with E-state index in [1.807, 2.05) is 23.4 Å². The van der Waals surface area contributed by atoms with Gasteiger partial charge >= 0.3 is 0 Å². The van der Waals surface area contributed by atoms with Gasteiger partial charge in [0, 0.05) is 42.1 Å². The smallest absolute Gasteiger partial charge is 0.242 e. The van der Waals surface area contributed by atoms with Gasteiger partial charge in [-0.1, -0.05) is 24.3 Å². The van der Waals surface area contributed by atoms with Crippen molar-refractivity contribution in [2.45, 2.75) is 51.2 Å². The third-order valence-corrected chi connectivity index (χ3v) is 8.24. The maximum absolute atomic E-state index is 13.2.